The molecule has 0 saturated heterocycles. The third-order valence-electron chi connectivity index (χ3n) is 3.21. The fourth-order valence-electron chi connectivity index (χ4n) is 1.98. The lowest BCUT2D eigenvalue weighted by atomic mass is 9.77. The summed E-state index contributed by atoms with van der Waals surface area (Å²) in [6.45, 7) is 3.64. The molecule has 0 saturated carbocycles. The number of carbonyl (C=O) groups is 1. The highest BCUT2D eigenvalue weighted by Crippen LogP contribution is 2.31. The average molecular weight is 233 g/mol. The van der Waals surface area contributed by atoms with Crippen LogP contribution < -0.4 is 5.73 Å². The van der Waals surface area contributed by atoms with Gasteiger partial charge < -0.3 is 10.8 Å². The Morgan fingerprint density at radius 2 is 2.24 bits per heavy atom. The van der Waals surface area contributed by atoms with Gasteiger partial charge in [0.15, 0.2) is 0 Å². The number of carboxylic acid groups (broad SMARTS) is 1. The SMILES string of the molecule is CC(C)(c1cccc2cn[nH]c12)C(N)C(=O)O. The first kappa shape index (κ1) is 11.6. The van der Waals surface area contributed by atoms with Gasteiger partial charge in [-0.25, -0.2) is 0 Å². The predicted octanol–water partition coefficient (Wildman–Crippen LogP) is 1.25. The predicted molar refractivity (Wildman–Crippen MR) is 64.7 cm³/mol. The number of hydrogen-bond acceptors (Lipinski definition) is 3. The van der Waals surface area contributed by atoms with Crippen LogP contribution in [0.4, 0.5) is 0 Å². The summed E-state index contributed by atoms with van der Waals surface area (Å²) in [5.74, 6) is -1.01. The molecule has 0 bridgehead atoms. The second-order valence-electron chi connectivity index (χ2n) is 4.68. The van der Waals surface area contributed by atoms with Crippen LogP contribution in [0, 0.1) is 0 Å². The van der Waals surface area contributed by atoms with Gasteiger partial charge in [-0.3, -0.25) is 9.89 Å². The summed E-state index contributed by atoms with van der Waals surface area (Å²) in [5, 5.41) is 16.9. The molecule has 90 valence electrons. The van der Waals surface area contributed by atoms with E-state index in [-0.39, 0.29) is 0 Å². The molecule has 0 radical (unpaired) electrons. The van der Waals surface area contributed by atoms with Crippen LogP contribution in [0.1, 0.15) is 19.4 Å². The number of para-hydroxylation sites is 1. The molecule has 5 nitrogen and oxygen atoms in total. The number of hydrogen-bond donors (Lipinski definition) is 3. The number of aromatic amines is 1. The van der Waals surface area contributed by atoms with Gasteiger partial charge in [-0.2, -0.15) is 5.10 Å². The Morgan fingerprint density at radius 1 is 1.53 bits per heavy atom. The summed E-state index contributed by atoms with van der Waals surface area (Å²) in [6.07, 6.45) is 1.71. The topological polar surface area (TPSA) is 92.0 Å². The number of benzene rings is 1. The summed E-state index contributed by atoms with van der Waals surface area (Å²) >= 11 is 0. The fourth-order valence-corrected chi connectivity index (χ4v) is 1.98. The van der Waals surface area contributed by atoms with E-state index >= 15 is 0 Å². The highest BCUT2D eigenvalue weighted by Gasteiger charge is 2.35. The first-order valence-electron chi connectivity index (χ1n) is 5.35. The lowest BCUT2D eigenvalue weighted by Crippen LogP contribution is -2.46. The summed E-state index contributed by atoms with van der Waals surface area (Å²) in [6, 6.07) is 4.72. The van der Waals surface area contributed by atoms with Gasteiger partial charge in [0, 0.05) is 10.8 Å². The Kier molecular flexibility index (Phi) is 2.63. The van der Waals surface area contributed by atoms with Crippen LogP contribution in [0.15, 0.2) is 24.4 Å². The molecule has 5 heteroatoms. The van der Waals surface area contributed by atoms with Crippen molar-refractivity contribution in [3.8, 4) is 0 Å². The Labute approximate surface area is 98.6 Å². The standard InChI is InChI=1S/C12H15N3O2/c1-12(2,10(13)11(16)17)8-5-3-4-7-6-14-15-9(7)8/h3-6,10H,13H2,1-2H3,(H,14,15)(H,16,17). The van der Waals surface area contributed by atoms with E-state index in [4.69, 9.17) is 10.8 Å². The molecule has 17 heavy (non-hydrogen) atoms. The number of H-pyrrole nitrogens is 1. The number of nitrogens with one attached hydrogen (secondary N) is 1. The van der Waals surface area contributed by atoms with E-state index in [0.717, 1.165) is 16.5 Å². The Balaban J connectivity index is 2.59. The lowest BCUT2D eigenvalue weighted by molar-refractivity contribution is -0.140. The Morgan fingerprint density at radius 3 is 2.88 bits per heavy atom. The molecule has 0 aliphatic rings. The van der Waals surface area contributed by atoms with E-state index in [9.17, 15) is 4.79 Å². The maximum Gasteiger partial charge on any atom is 0.321 e. The molecule has 1 heterocycles. The van der Waals surface area contributed by atoms with E-state index in [2.05, 4.69) is 10.2 Å². The van der Waals surface area contributed by atoms with Crippen molar-refractivity contribution >= 4 is 16.9 Å². The number of nitrogens with zero attached hydrogens (tertiary/aromatic N) is 1. The molecule has 1 aromatic heterocycles. The van der Waals surface area contributed by atoms with Crippen LogP contribution in [0.3, 0.4) is 0 Å². The number of carboxylic acids is 1. The van der Waals surface area contributed by atoms with Crippen LogP contribution in [0.25, 0.3) is 10.9 Å². The molecule has 0 spiro atoms. The van der Waals surface area contributed by atoms with E-state index in [1.54, 1.807) is 6.20 Å². The molecule has 1 atom stereocenters. The van der Waals surface area contributed by atoms with Gasteiger partial charge in [-0.1, -0.05) is 32.0 Å². The monoisotopic (exact) mass is 233 g/mol. The average Bonchev–Trinajstić information content (AvgIpc) is 2.75. The first-order valence-corrected chi connectivity index (χ1v) is 5.35. The highest BCUT2D eigenvalue weighted by atomic mass is 16.4. The van der Waals surface area contributed by atoms with Crippen molar-refractivity contribution in [1.82, 2.24) is 10.2 Å². The van der Waals surface area contributed by atoms with Gasteiger partial charge in [-0.05, 0) is 5.56 Å². The van der Waals surface area contributed by atoms with Crippen molar-refractivity contribution in [2.45, 2.75) is 25.3 Å². The minimum Gasteiger partial charge on any atom is -0.480 e. The zero-order valence-electron chi connectivity index (χ0n) is 9.77. The smallest absolute Gasteiger partial charge is 0.321 e. The third kappa shape index (κ3) is 1.78. The maximum absolute atomic E-state index is 11.0. The maximum atomic E-state index is 11.0. The summed E-state index contributed by atoms with van der Waals surface area (Å²) < 4.78 is 0. The fraction of sp³-hybridized carbons (Fsp3) is 0.333. The van der Waals surface area contributed by atoms with Crippen molar-refractivity contribution in [3.05, 3.63) is 30.0 Å². The lowest BCUT2D eigenvalue weighted by Gasteiger charge is -2.29. The van der Waals surface area contributed by atoms with Crippen LogP contribution in [-0.4, -0.2) is 27.3 Å². The van der Waals surface area contributed by atoms with Crippen molar-refractivity contribution in [1.29, 1.82) is 0 Å². The van der Waals surface area contributed by atoms with Gasteiger partial charge in [0.2, 0.25) is 0 Å². The number of aliphatic carboxylic acids is 1. The van der Waals surface area contributed by atoms with E-state index in [0.29, 0.717) is 0 Å². The molecular weight excluding hydrogens is 218 g/mol. The number of aromatic nitrogens is 2. The third-order valence-corrected chi connectivity index (χ3v) is 3.21. The van der Waals surface area contributed by atoms with E-state index in [1.807, 2.05) is 32.0 Å². The summed E-state index contributed by atoms with van der Waals surface area (Å²) in [4.78, 5) is 11.0. The first-order chi connectivity index (χ1) is 7.94. The Bertz CT molecular complexity index is 560. The van der Waals surface area contributed by atoms with Gasteiger partial charge >= 0.3 is 5.97 Å². The number of fused-ring (bicyclic) bond motifs is 1. The molecule has 0 aliphatic heterocycles. The van der Waals surface area contributed by atoms with Gasteiger partial charge in [0.25, 0.3) is 0 Å². The highest BCUT2D eigenvalue weighted by molar-refractivity contribution is 5.84. The van der Waals surface area contributed by atoms with Crippen LogP contribution in [-0.2, 0) is 10.2 Å². The normalized spacial score (nSPS) is 13.8. The van der Waals surface area contributed by atoms with Gasteiger partial charge in [0.05, 0.1) is 11.7 Å². The second-order valence-corrected chi connectivity index (χ2v) is 4.68. The van der Waals surface area contributed by atoms with Crippen molar-refractivity contribution in [3.63, 3.8) is 0 Å². The summed E-state index contributed by atoms with van der Waals surface area (Å²) in [7, 11) is 0. The molecule has 2 rings (SSSR count). The van der Waals surface area contributed by atoms with Crippen LogP contribution in [0.2, 0.25) is 0 Å². The van der Waals surface area contributed by atoms with Crippen molar-refractivity contribution in [2.24, 2.45) is 5.73 Å². The molecule has 1 unspecified atom stereocenters. The summed E-state index contributed by atoms with van der Waals surface area (Å²) in [5.41, 5.74) is 6.79. The van der Waals surface area contributed by atoms with Gasteiger partial charge in [-0.15, -0.1) is 0 Å². The minimum absolute atomic E-state index is 0.669. The minimum atomic E-state index is -1.01. The molecular formula is C12H15N3O2. The number of nitrogens with two attached hydrogens (primary N) is 1. The number of rotatable bonds is 3. The van der Waals surface area contributed by atoms with Crippen LogP contribution in [0.5, 0.6) is 0 Å². The second kappa shape index (κ2) is 3.85. The Hall–Kier alpha value is -1.88. The van der Waals surface area contributed by atoms with E-state index < -0.39 is 17.4 Å². The van der Waals surface area contributed by atoms with Crippen molar-refractivity contribution in [2.75, 3.05) is 0 Å². The molecule has 0 aliphatic carbocycles. The van der Waals surface area contributed by atoms with Crippen molar-refractivity contribution < 1.29 is 9.90 Å². The molecule has 0 fully saturated rings. The zero-order valence-corrected chi connectivity index (χ0v) is 9.77. The van der Waals surface area contributed by atoms with Crippen LogP contribution >= 0.6 is 0 Å². The quantitative estimate of drug-likeness (QED) is 0.744. The van der Waals surface area contributed by atoms with Gasteiger partial charge in [0.1, 0.15) is 6.04 Å². The zero-order chi connectivity index (χ0) is 12.6. The molecule has 4 N–H and O–H groups in total. The van der Waals surface area contributed by atoms with E-state index in [1.165, 1.54) is 0 Å². The molecule has 1 aromatic carbocycles. The molecule has 2 aromatic rings. The molecule has 0 amide bonds. The largest absolute Gasteiger partial charge is 0.480 e.